The van der Waals surface area contributed by atoms with E-state index in [2.05, 4.69) is 26.6 Å². The molecule has 0 spiro atoms. The Kier molecular flexibility index (Phi) is 11.5. The maximum atomic E-state index is 12.4. The highest BCUT2D eigenvalue weighted by Gasteiger charge is 2.21. The number of hydrogen-bond donors (Lipinski definition) is 6. The number of hydrogen-bond acceptors (Lipinski definition) is 7. The monoisotopic (exact) mass is 567 g/mol. The minimum Gasteiger partial charge on any atom is -0.480 e. The van der Waals surface area contributed by atoms with Gasteiger partial charge >= 0.3 is 18.1 Å². The number of carboxylic acid groups (broad SMARTS) is 1. The smallest absolute Gasteiger partial charge is 0.408 e. The number of carboxylic acids is 1. The largest absolute Gasteiger partial charge is 0.480 e. The zero-order valence-electron chi connectivity index (χ0n) is 21.3. The van der Waals surface area contributed by atoms with Gasteiger partial charge in [-0.25, -0.2) is 14.4 Å². The van der Waals surface area contributed by atoms with Crippen molar-refractivity contribution in [2.24, 2.45) is 0 Å². The minimum absolute atomic E-state index is 0.00677. The Morgan fingerprint density at radius 2 is 1.50 bits per heavy atom. The Balaban J connectivity index is 1.33. The number of carbonyl (C=O) groups is 5. The molecule has 13 heteroatoms. The van der Waals surface area contributed by atoms with E-state index < -0.39 is 35.9 Å². The molecule has 40 heavy (non-hydrogen) atoms. The van der Waals surface area contributed by atoms with Crippen LogP contribution in [0.2, 0.25) is 0 Å². The topological polar surface area (TPSA) is 175 Å². The lowest BCUT2D eigenvalue weighted by atomic mass is 10.2. The summed E-state index contributed by atoms with van der Waals surface area (Å²) in [6, 6.07) is 19.6. The van der Waals surface area contributed by atoms with Gasteiger partial charge in [0.05, 0.1) is 9.88 Å². The van der Waals surface area contributed by atoms with Crippen LogP contribution in [0.3, 0.4) is 0 Å². The van der Waals surface area contributed by atoms with Crippen LogP contribution < -0.4 is 26.6 Å². The van der Waals surface area contributed by atoms with Crippen LogP contribution in [0.1, 0.15) is 27.2 Å². The second-order valence-electron chi connectivity index (χ2n) is 8.36. The van der Waals surface area contributed by atoms with Gasteiger partial charge in [-0.2, -0.15) is 0 Å². The maximum absolute atomic E-state index is 12.4. The van der Waals surface area contributed by atoms with Gasteiger partial charge in [-0.15, -0.1) is 11.3 Å². The second-order valence-corrected chi connectivity index (χ2v) is 9.45. The van der Waals surface area contributed by atoms with Crippen molar-refractivity contribution in [1.82, 2.24) is 21.3 Å². The number of urea groups is 1. The highest BCUT2D eigenvalue weighted by atomic mass is 32.1. The number of carbonyl (C=O) groups excluding carboxylic acids is 4. The molecule has 1 heterocycles. The summed E-state index contributed by atoms with van der Waals surface area (Å²) in [6.07, 6.45) is -1.05. The Morgan fingerprint density at radius 1 is 0.825 bits per heavy atom. The summed E-state index contributed by atoms with van der Waals surface area (Å²) < 4.78 is 5.00. The van der Waals surface area contributed by atoms with Crippen LogP contribution in [0.15, 0.2) is 72.8 Å². The number of alkyl carbamates (subject to hydrolysis) is 1. The molecular formula is C27H29N5O7S. The van der Waals surface area contributed by atoms with E-state index in [4.69, 9.17) is 4.74 Å². The van der Waals surface area contributed by atoms with Crippen molar-refractivity contribution in [3.63, 3.8) is 0 Å². The van der Waals surface area contributed by atoms with E-state index in [1.165, 1.54) is 0 Å². The first kappa shape index (κ1) is 29.6. The molecule has 5 amide bonds. The maximum Gasteiger partial charge on any atom is 0.408 e. The van der Waals surface area contributed by atoms with E-state index in [1.807, 2.05) is 36.4 Å². The molecule has 0 unspecified atom stereocenters. The lowest BCUT2D eigenvalue weighted by Crippen LogP contribution is -2.48. The summed E-state index contributed by atoms with van der Waals surface area (Å²) in [6.45, 7) is -0.0502. The molecule has 0 aliphatic heterocycles. The molecule has 0 aliphatic rings. The molecule has 0 radical (unpaired) electrons. The fourth-order valence-electron chi connectivity index (χ4n) is 3.25. The fraction of sp³-hybridized carbons (Fsp3) is 0.222. The molecule has 0 saturated heterocycles. The SMILES string of the molecule is O=C(CCNC(=O)c1ccc(NC(=O)NCc2ccccc2)s1)NC[C@H](NC(=O)OCc1ccccc1)C(=O)O. The van der Waals surface area contributed by atoms with Gasteiger partial charge in [0.15, 0.2) is 0 Å². The van der Waals surface area contributed by atoms with E-state index in [9.17, 15) is 29.1 Å². The molecule has 12 nitrogen and oxygen atoms in total. The third kappa shape index (κ3) is 10.5. The summed E-state index contributed by atoms with van der Waals surface area (Å²) in [7, 11) is 0. The van der Waals surface area contributed by atoms with Gasteiger partial charge in [0, 0.05) is 26.1 Å². The predicted octanol–water partition coefficient (Wildman–Crippen LogP) is 2.69. The standard InChI is InChI=1S/C27H29N5O7S/c33-22(29-16-20(25(35)36)31-27(38)39-17-19-9-5-2-6-10-19)13-14-28-24(34)21-11-12-23(40-21)32-26(37)30-15-18-7-3-1-4-8-18/h1-12,20H,13-17H2,(H,28,34)(H,29,33)(H,31,38)(H,35,36)(H2,30,32,37)/t20-/m0/s1. The van der Waals surface area contributed by atoms with Crippen LogP contribution in [0.25, 0.3) is 0 Å². The van der Waals surface area contributed by atoms with Gasteiger partial charge in [-0.05, 0) is 23.3 Å². The number of thiophene rings is 1. The second kappa shape index (κ2) is 15.5. The van der Waals surface area contributed by atoms with Crippen molar-refractivity contribution in [3.05, 3.63) is 88.8 Å². The molecule has 0 fully saturated rings. The summed E-state index contributed by atoms with van der Waals surface area (Å²) in [4.78, 5) is 60.3. The highest BCUT2D eigenvalue weighted by Crippen LogP contribution is 2.21. The van der Waals surface area contributed by atoms with Crippen LogP contribution in [0.5, 0.6) is 0 Å². The molecule has 0 aliphatic carbocycles. The third-order valence-corrected chi connectivity index (χ3v) is 6.31. The van der Waals surface area contributed by atoms with Gasteiger partial charge in [0.2, 0.25) is 5.91 Å². The molecule has 3 rings (SSSR count). The summed E-state index contributed by atoms with van der Waals surface area (Å²) in [5.74, 6) is -2.29. The van der Waals surface area contributed by atoms with Crippen molar-refractivity contribution in [3.8, 4) is 0 Å². The lowest BCUT2D eigenvalue weighted by molar-refractivity contribution is -0.139. The molecule has 1 atom stereocenters. The van der Waals surface area contributed by atoms with E-state index in [1.54, 1.807) is 36.4 Å². The minimum atomic E-state index is -1.40. The fourth-order valence-corrected chi connectivity index (χ4v) is 4.07. The first-order valence-electron chi connectivity index (χ1n) is 12.2. The number of ether oxygens (including phenoxy) is 1. The van der Waals surface area contributed by atoms with Crippen molar-refractivity contribution in [2.45, 2.75) is 25.6 Å². The van der Waals surface area contributed by atoms with Crippen molar-refractivity contribution >= 4 is 46.2 Å². The van der Waals surface area contributed by atoms with Crippen LogP contribution in [0, 0.1) is 0 Å². The van der Waals surface area contributed by atoms with Gasteiger partial charge in [0.1, 0.15) is 12.6 Å². The van der Waals surface area contributed by atoms with Crippen LogP contribution in [-0.4, -0.2) is 54.1 Å². The number of benzene rings is 2. The normalized spacial score (nSPS) is 11.0. The van der Waals surface area contributed by atoms with Gasteiger partial charge < -0.3 is 31.1 Å². The van der Waals surface area contributed by atoms with Crippen molar-refractivity contribution in [2.75, 3.05) is 18.4 Å². The zero-order valence-corrected chi connectivity index (χ0v) is 22.2. The average Bonchev–Trinajstić information content (AvgIpc) is 3.42. The number of anilines is 1. The van der Waals surface area contributed by atoms with Crippen LogP contribution in [0.4, 0.5) is 14.6 Å². The first-order chi connectivity index (χ1) is 19.3. The van der Waals surface area contributed by atoms with Gasteiger partial charge in [-0.1, -0.05) is 60.7 Å². The molecule has 210 valence electrons. The molecule has 3 aromatic rings. The third-order valence-electron chi connectivity index (χ3n) is 5.31. The van der Waals surface area contributed by atoms with E-state index in [-0.39, 0.29) is 26.1 Å². The highest BCUT2D eigenvalue weighted by molar-refractivity contribution is 7.18. The molecule has 2 aromatic carbocycles. The quantitative estimate of drug-likeness (QED) is 0.184. The number of amides is 5. The van der Waals surface area contributed by atoms with E-state index in [0.29, 0.717) is 16.4 Å². The van der Waals surface area contributed by atoms with Crippen LogP contribution >= 0.6 is 11.3 Å². The average molecular weight is 568 g/mol. The molecular weight excluding hydrogens is 538 g/mol. The summed E-state index contributed by atoms with van der Waals surface area (Å²) in [5, 5.41) is 22.4. The lowest BCUT2D eigenvalue weighted by Gasteiger charge is -2.15. The predicted molar refractivity (Wildman–Crippen MR) is 148 cm³/mol. The molecule has 0 bridgehead atoms. The van der Waals surface area contributed by atoms with Gasteiger partial charge in [-0.3, -0.25) is 14.9 Å². The number of nitrogens with one attached hydrogen (secondary N) is 5. The van der Waals surface area contributed by atoms with Gasteiger partial charge in [0.25, 0.3) is 5.91 Å². The molecule has 1 aromatic heterocycles. The Bertz CT molecular complexity index is 1300. The first-order valence-corrected chi connectivity index (χ1v) is 13.1. The Hall–Kier alpha value is -4.91. The summed E-state index contributed by atoms with van der Waals surface area (Å²) >= 11 is 1.07. The zero-order chi connectivity index (χ0) is 28.7. The Labute approximate surface area is 234 Å². The number of aliphatic carboxylic acids is 1. The van der Waals surface area contributed by atoms with E-state index >= 15 is 0 Å². The van der Waals surface area contributed by atoms with E-state index in [0.717, 1.165) is 22.5 Å². The Morgan fingerprint density at radius 3 is 2.17 bits per heavy atom. The summed E-state index contributed by atoms with van der Waals surface area (Å²) in [5.41, 5.74) is 1.68. The molecule has 0 saturated carbocycles. The van der Waals surface area contributed by atoms with Crippen molar-refractivity contribution < 1.29 is 33.8 Å². The number of rotatable bonds is 13. The molecule has 6 N–H and O–H groups in total. The van der Waals surface area contributed by atoms with Crippen molar-refractivity contribution in [1.29, 1.82) is 0 Å². The van der Waals surface area contributed by atoms with Crippen LogP contribution in [-0.2, 0) is 27.5 Å².